The molecule has 0 fully saturated rings. The van der Waals surface area contributed by atoms with E-state index in [1.807, 2.05) is 0 Å². The molecule has 0 unspecified atom stereocenters. The van der Waals surface area contributed by atoms with E-state index in [1.165, 1.54) is 12.1 Å². The lowest BCUT2D eigenvalue weighted by atomic mass is 10.1. The second kappa shape index (κ2) is 4.91. The van der Waals surface area contributed by atoms with Crippen LogP contribution in [0.3, 0.4) is 0 Å². The normalized spacial score (nSPS) is 10.8. The summed E-state index contributed by atoms with van der Waals surface area (Å²) in [5, 5.41) is 0.0516. The van der Waals surface area contributed by atoms with Crippen molar-refractivity contribution in [3.63, 3.8) is 0 Å². The summed E-state index contributed by atoms with van der Waals surface area (Å²) in [6, 6.07) is 4.65. The molecule has 1 aromatic rings. The average Bonchev–Trinajstić information content (AvgIpc) is 2.13. The fraction of sp³-hybridized carbons (Fsp3) is 0.182. The summed E-state index contributed by atoms with van der Waals surface area (Å²) in [5.41, 5.74) is 0.334. The Labute approximate surface area is 87.2 Å². The summed E-state index contributed by atoms with van der Waals surface area (Å²) >= 11 is 5.57. The molecule has 0 bridgehead atoms. The largest absolute Gasteiger partial charge is 0.294 e. The van der Waals surface area contributed by atoms with Gasteiger partial charge in [-0.1, -0.05) is 29.8 Å². The first kappa shape index (κ1) is 10.9. The van der Waals surface area contributed by atoms with Crippen molar-refractivity contribution in [1.82, 2.24) is 0 Å². The van der Waals surface area contributed by atoms with E-state index in [4.69, 9.17) is 11.6 Å². The summed E-state index contributed by atoms with van der Waals surface area (Å²) in [7, 11) is 0. The first-order chi connectivity index (χ1) is 6.65. The maximum absolute atomic E-state index is 13.3. The zero-order chi connectivity index (χ0) is 10.6. The highest BCUT2D eigenvalue weighted by molar-refractivity contribution is 6.30. The van der Waals surface area contributed by atoms with Gasteiger partial charge in [0.1, 0.15) is 5.82 Å². The highest BCUT2D eigenvalue weighted by Crippen LogP contribution is 2.18. The second-order valence-corrected chi connectivity index (χ2v) is 3.26. The Balaban J connectivity index is 2.87. The van der Waals surface area contributed by atoms with E-state index in [-0.39, 0.29) is 17.2 Å². The van der Waals surface area contributed by atoms with E-state index in [2.05, 4.69) is 0 Å². The maximum Gasteiger partial charge on any atom is 0.159 e. The molecule has 0 atom stereocenters. The summed E-state index contributed by atoms with van der Waals surface area (Å²) < 4.78 is 13.3. The Bertz CT molecular complexity index is 372. The van der Waals surface area contributed by atoms with E-state index in [0.717, 1.165) is 0 Å². The zero-order valence-corrected chi connectivity index (χ0v) is 8.51. The second-order valence-electron chi connectivity index (χ2n) is 2.86. The number of hydrogen-bond donors (Lipinski definition) is 0. The van der Waals surface area contributed by atoms with E-state index < -0.39 is 5.82 Å². The lowest BCUT2D eigenvalue weighted by Crippen LogP contribution is -2.01. The van der Waals surface area contributed by atoms with Gasteiger partial charge < -0.3 is 0 Å². The fourth-order valence-corrected chi connectivity index (χ4v) is 1.31. The molecule has 0 radical (unpaired) electrons. The number of halogens is 2. The van der Waals surface area contributed by atoms with Crippen molar-refractivity contribution in [1.29, 1.82) is 0 Å². The van der Waals surface area contributed by atoms with Crippen molar-refractivity contribution in [2.45, 2.75) is 13.3 Å². The summed E-state index contributed by atoms with van der Waals surface area (Å²) in [4.78, 5) is 11.2. The van der Waals surface area contributed by atoms with Crippen molar-refractivity contribution in [2.75, 3.05) is 0 Å². The third-order valence-corrected chi connectivity index (χ3v) is 2.04. The van der Waals surface area contributed by atoms with Crippen molar-refractivity contribution < 1.29 is 9.18 Å². The van der Waals surface area contributed by atoms with E-state index in [1.54, 1.807) is 25.1 Å². The Morgan fingerprint density at radius 3 is 2.93 bits per heavy atom. The molecule has 0 N–H and O–H groups in total. The third-order valence-electron chi connectivity index (χ3n) is 1.75. The summed E-state index contributed by atoms with van der Waals surface area (Å²) in [6.07, 6.45) is 3.10. The van der Waals surface area contributed by atoms with Gasteiger partial charge in [0.05, 0.1) is 5.02 Å². The first-order valence-electron chi connectivity index (χ1n) is 4.23. The molecular formula is C11H10ClFO. The molecule has 3 heteroatoms. The van der Waals surface area contributed by atoms with Gasteiger partial charge in [0.2, 0.25) is 0 Å². The van der Waals surface area contributed by atoms with Gasteiger partial charge in [-0.15, -0.1) is 0 Å². The van der Waals surface area contributed by atoms with E-state index in [0.29, 0.717) is 5.56 Å². The van der Waals surface area contributed by atoms with E-state index in [9.17, 15) is 9.18 Å². The number of ketones is 1. The number of rotatable bonds is 3. The molecule has 0 spiro atoms. The Morgan fingerprint density at radius 2 is 2.29 bits per heavy atom. The maximum atomic E-state index is 13.3. The molecule has 0 aliphatic carbocycles. The molecule has 14 heavy (non-hydrogen) atoms. The molecule has 0 aliphatic heterocycles. The molecule has 0 amide bonds. The molecule has 0 aliphatic rings. The lowest BCUT2D eigenvalue weighted by Gasteiger charge is -2.01. The van der Waals surface area contributed by atoms with Crippen LogP contribution in [0, 0.1) is 5.82 Å². The van der Waals surface area contributed by atoms with Gasteiger partial charge in [0, 0.05) is 6.42 Å². The molecule has 1 rings (SSSR count). The minimum Gasteiger partial charge on any atom is -0.294 e. The SMILES string of the molecule is C/C=C/C(=O)Cc1cccc(Cl)c1F. The van der Waals surface area contributed by atoms with Crippen molar-refractivity contribution >= 4 is 17.4 Å². The van der Waals surface area contributed by atoms with Crippen LogP contribution in [0.1, 0.15) is 12.5 Å². The molecule has 1 aromatic carbocycles. The van der Waals surface area contributed by atoms with Gasteiger partial charge in [0.15, 0.2) is 5.78 Å². The highest BCUT2D eigenvalue weighted by atomic mass is 35.5. The van der Waals surface area contributed by atoms with Gasteiger partial charge in [-0.2, -0.15) is 0 Å². The van der Waals surface area contributed by atoms with Crippen LogP contribution in [0.25, 0.3) is 0 Å². The Hall–Kier alpha value is -1.15. The molecule has 74 valence electrons. The van der Waals surface area contributed by atoms with Crippen molar-refractivity contribution in [3.05, 3.63) is 46.8 Å². The average molecular weight is 213 g/mol. The van der Waals surface area contributed by atoms with E-state index >= 15 is 0 Å². The predicted molar refractivity (Wildman–Crippen MR) is 54.9 cm³/mol. The van der Waals surface area contributed by atoms with Crippen molar-refractivity contribution in [2.24, 2.45) is 0 Å². The van der Waals surface area contributed by atoms with Gasteiger partial charge in [-0.05, 0) is 24.6 Å². The minimum atomic E-state index is -0.507. The third kappa shape index (κ3) is 2.67. The van der Waals surface area contributed by atoms with Crippen molar-refractivity contribution in [3.8, 4) is 0 Å². The monoisotopic (exact) mass is 212 g/mol. The van der Waals surface area contributed by atoms with Crippen LogP contribution in [0.15, 0.2) is 30.4 Å². The quantitative estimate of drug-likeness (QED) is 0.704. The van der Waals surface area contributed by atoms with Gasteiger partial charge in [0.25, 0.3) is 0 Å². The molecule has 1 nitrogen and oxygen atoms in total. The van der Waals surface area contributed by atoms with Gasteiger partial charge in [-0.3, -0.25) is 4.79 Å². The predicted octanol–water partition coefficient (Wildman–Crippen LogP) is 3.17. The smallest absolute Gasteiger partial charge is 0.159 e. The molecular weight excluding hydrogens is 203 g/mol. The van der Waals surface area contributed by atoms with Crippen LogP contribution in [0.4, 0.5) is 4.39 Å². The topological polar surface area (TPSA) is 17.1 Å². The number of allylic oxidation sites excluding steroid dienone is 2. The summed E-state index contributed by atoms with van der Waals surface area (Å²) in [6.45, 7) is 1.74. The fourth-order valence-electron chi connectivity index (χ4n) is 1.12. The highest BCUT2D eigenvalue weighted by Gasteiger charge is 2.08. The first-order valence-corrected chi connectivity index (χ1v) is 4.61. The molecule has 0 heterocycles. The van der Waals surface area contributed by atoms with Crippen LogP contribution in [-0.4, -0.2) is 5.78 Å². The van der Waals surface area contributed by atoms with Gasteiger partial charge in [-0.25, -0.2) is 4.39 Å². The zero-order valence-electron chi connectivity index (χ0n) is 7.76. The molecule has 0 saturated carbocycles. The number of carbonyl (C=O) groups excluding carboxylic acids is 1. The summed E-state index contributed by atoms with van der Waals surface area (Å²) in [5.74, 6) is -0.638. The number of hydrogen-bond acceptors (Lipinski definition) is 1. The number of benzene rings is 1. The minimum absolute atomic E-state index is 0.0516. The molecule has 0 aromatic heterocycles. The van der Waals surface area contributed by atoms with Gasteiger partial charge >= 0.3 is 0 Å². The van der Waals surface area contributed by atoms with Crippen LogP contribution in [0.5, 0.6) is 0 Å². The molecule has 0 saturated heterocycles. The number of carbonyl (C=O) groups is 1. The Morgan fingerprint density at radius 1 is 1.57 bits per heavy atom. The van der Waals surface area contributed by atoms with Crippen LogP contribution in [-0.2, 0) is 11.2 Å². The standard InChI is InChI=1S/C11H10ClFO/c1-2-4-9(14)7-8-5-3-6-10(12)11(8)13/h2-6H,7H2,1H3/b4-2+. The van der Waals surface area contributed by atoms with Crippen LogP contribution in [0.2, 0.25) is 5.02 Å². The van der Waals surface area contributed by atoms with Crippen LogP contribution >= 0.6 is 11.6 Å². The van der Waals surface area contributed by atoms with Crippen LogP contribution < -0.4 is 0 Å². The Kier molecular flexibility index (Phi) is 3.84. The lowest BCUT2D eigenvalue weighted by molar-refractivity contribution is -0.114.